The molecule has 3 N–H and O–H groups in total. The molecule has 5 atom stereocenters. The van der Waals surface area contributed by atoms with Gasteiger partial charge in [-0.05, 0) is 43.4 Å². The Balaban J connectivity index is 5.24. The molecule has 534 valence electrons. The van der Waals surface area contributed by atoms with Crippen LogP contribution in [0.4, 0.5) is 0 Å². The van der Waals surface area contributed by atoms with Gasteiger partial charge in [0.2, 0.25) is 0 Å². The number of carbonyl (C=O) groups excluding carboxylic acids is 4. The van der Waals surface area contributed by atoms with Crippen LogP contribution in [0.5, 0.6) is 0 Å². The van der Waals surface area contributed by atoms with Gasteiger partial charge in [-0.3, -0.25) is 37.3 Å². The molecule has 0 aromatic heterocycles. The molecule has 0 saturated heterocycles. The summed E-state index contributed by atoms with van der Waals surface area (Å²) in [6.07, 6.45) is 45.9. The normalized spacial score (nSPS) is 14.2. The molecule has 19 heteroatoms. The molecule has 0 aliphatic heterocycles. The van der Waals surface area contributed by atoms with E-state index in [1.807, 2.05) is 0 Å². The zero-order valence-corrected chi connectivity index (χ0v) is 60.4. The summed E-state index contributed by atoms with van der Waals surface area (Å²) in [5.41, 5.74) is 0. The van der Waals surface area contributed by atoms with E-state index in [9.17, 15) is 43.2 Å². The number of unbranched alkanes of at least 4 members (excludes halogenated alkanes) is 37. The fraction of sp³-hybridized carbons (Fsp3) is 0.944. The molecule has 0 spiro atoms. The van der Waals surface area contributed by atoms with Gasteiger partial charge in [0.15, 0.2) is 12.2 Å². The third kappa shape index (κ3) is 64.8. The zero-order chi connectivity index (χ0) is 66.6. The summed E-state index contributed by atoms with van der Waals surface area (Å²) < 4.78 is 68.3. The Bertz CT molecular complexity index is 1770. The van der Waals surface area contributed by atoms with E-state index in [0.717, 1.165) is 108 Å². The van der Waals surface area contributed by atoms with Crippen LogP contribution in [0.1, 0.15) is 357 Å². The van der Waals surface area contributed by atoms with Crippen LogP contribution in [0.25, 0.3) is 0 Å². The van der Waals surface area contributed by atoms with Crippen molar-refractivity contribution in [3.05, 3.63) is 0 Å². The summed E-state index contributed by atoms with van der Waals surface area (Å²) in [6, 6.07) is 0. The molecule has 0 aliphatic carbocycles. The monoisotopic (exact) mass is 1320 g/mol. The molecule has 0 aromatic carbocycles. The number of hydrogen-bond acceptors (Lipinski definition) is 15. The first-order chi connectivity index (χ1) is 43.2. The van der Waals surface area contributed by atoms with Crippen molar-refractivity contribution in [2.75, 3.05) is 39.6 Å². The highest BCUT2D eigenvalue weighted by Gasteiger charge is 2.30. The van der Waals surface area contributed by atoms with Crippen LogP contribution in [0.3, 0.4) is 0 Å². The van der Waals surface area contributed by atoms with Crippen LogP contribution in [-0.2, 0) is 65.4 Å². The Hall–Kier alpha value is -1.94. The van der Waals surface area contributed by atoms with Crippen LogP contribution < -0.4 is 0 Å². The van der Waals surface area contributed by atoms with Crippen molar-refractivity contribution in [2.45, 2.75) is 375 Å². The molecule has 0 aliphatic rings. The Kier molecular flexibility index (Phi) is 60.6. The van der Waals surface area contributed by atoms with Crippen molar-refractivity contribution in [3.63, 3.8) is 0 Å². The number of esters is 4. The fourth-order valence-electron chi connectivity index (χ4n) is 10.7. The Morgan fingerprint density at radius 3 is 0.756 bits per heavy atom. The maximum atomic E-state index is 13.0. The molecule has 0 aromatic rings. The van der Waals surface area contributed by atoms with E-state index in [4.69, 9.17) is 37.0 Å². The van der Waals surface area contributed by atoms with Crippen LogP contribution in [0.15, 0.2) is 0 Å². The van der Waals surface area contributed by atoms with Gasteiger partial charge in [-0.2, -0.15) is 0 Å². The van der Waals surface area contributed by atoms with Gasteiger partial charge in [-0.1, -0.05) is 305 Å². The zero-order valence-electron chi connectivity index (χ0n) is 58.6. The van der Waals surface area contributed by atoms with Gasteiger partial charge >= 0.3 is 39.5 Å². The molecular formula is C71H138O17P2. The van der Waals surface area contributed by atoms with Crippen LogP contribution in [0, 0.1) is 17.8 Å². The second kappa shape index (κ2) is 61.9. The highest BCUT2D eigenvalue weighted by molar-refractivity contribution is 7.47. The van der Waals surface area contributed by atoms with E-state index in [2.05, 4.69) is 48.5 Å². The number of hydrogen-bond donors (Lipinski definition) is 3. The summed E-state index contributed by atoms with van der Waals surface area (Å²) in [4.78, 5) is 72.5. The minimum absolute atomic E-state index is 0.106. The quantitative estimate of drug-likeness (QED) is 0.0222. The van der Waals surface area contributed by atoms with Gasteiger partial charge in [0.05, 0.1) is 26.4 Å². The van der Waals surface area contributed by atoms with Crippen molar-refractivity contribution in [1.29, 1.82) is 0 Å². The van der Waals surface area contributed by atoms with Gasteiger partial charge in [-0.15, -0.1) is 0 Å². The summed E-state index contributed by atoms with van der Waals surface area (Å²) in [5.74, 6) is 0.113. The van der Waals surface area contributed by atoms with Crippen molar-refractivity contribution in [3.8, 4) is 0 Å². The molecule has 2 unspecified atom stereocenters. The van der Waals surface area contributed by atoms with E-state index < -0.39 is 97.5 Å². The lowest BCUT2D eigenvalue weighted by Crippen LogP contribution is -2.30. The second-order valence-electron chi connectivity index (χ2n) is 27.1. The van der Waals surface area contributed by atoms with Crippen LogP contribution in [0.2, 0.25) is 0 Å². The van der Waals surface area contributed by atoms with Crippen molar-refractivity contribution < 1.29 is 80.2 Å². The average molecular weight is 1330 g/mol. The number of ether oxygens (including phenoxy) is 4. The van der Waals surface area contributed by atoms with E-state index in [1.54, 1.807) is 0 Å². The molecule has 0 bridgehead atoms. The molecule has 90 heavy (non-hydrogen) atoms. The Morgan fingerprint density at radius 1 is 0.300 bits per heavy atom. The molecule has 17 nitrogen and oxygen atoms in total. The number of phosphoric ester groups is 2. The Labute approximate surface area is 549 Å². The first-order valence-corrected chi connectivity index (χ1v) is 39.8. The predicted octanol–water partition coefficient (Wildman–Crippen LogP) is 20.2. The summed E-state index contributed by atoms with van der Waals surface area (Å²) in [7, 11) is -9.90. The number of phosphoric acid groups is 2. The molecular weight excluding hydrogens is 1190 g/mol. The number of aliphatic hydroxyl groups is 1. The van der Waals surface area contributed by atoms with Gasteiger partial charge in [0.25, 0.3) is 0 Å². The number of aliphatic hydroxyl groups excluding tert-OH is 1. The highest BCUT2D eigenvalue weighted by Crippen LogP contribution is 2.45. The van der Waals surface area contributed by atoms with Gasteiger partial charge < -0.3 is 33.8 Å². The van der Waals surface area contributed by atoms with Crippen LogP contribution >= 0.6 is 15.6 Å². The van der Waals surface area contributed by atoms with Gasteiger partial charge in [0, 0.05) is 25.7 Å². The molecule has 0 amide bonds. The summed E-state index contributed by atoms with van der Waals surface area (Å²) >= 11 is 0. The van der Waals surface area contributed by atoms with E-state index in [0.29, 0.717) is 31.6 Å². The first kappa shape index (κ1) is 88.1. The minimum Gasteiger partial charge on any atom is -0.462 e. The third-order valence-electron chi connectivity index (χ3n) is 16.4. The predicted molar refractivity (Wildman–Crippen MR) is 363 cm³/mol. The standard InChI is InChI=1S/C71H138O17P2/c1-8-9-10-11-12-13-18-26-31-40-47-54-70(75)88-67(59-82-69(74)53-46-39-34-33-37-44-51-64(6)7)61-86-90(79,80)84-57-65(72)56-83-89(77,78)85-60-66(87-71(76)55-48-41-32-27-22-17-15-20-24-29-36-43-50-63(4)5)58-81-68(73)52-45-38-30-25-21-16-14-19-23-28-35-42-49-62(2)3/h62-67,72H,8-61H2,1-7H3,(H,77,78)(H,79,80)/t65-,66-,67-/m1/s1. The lowest BCUT2D eigenvalue weighted by Gasteiger charge is -2.21. The highest BCUT2D eigenvalue weighted by atomic mass is 31.2. The van der Waals surface area contributed by atoms with Crippen molar-refractivity contribution in [1.82, 2.24) is 0 Å². The molecule has 0 radical (unpaired) electrons. The minimum atomic E-state index is -4.95. The van der Waals surface area contributed by atoms with E-state index >= 15 is 0 Å². The molecule has 0 heterocycles. The largest absolute Gasteiger partial charge is 0.472 e. The topological polar surface area (TPSA) is 237 Å². The second-order valence-corrected chi connectivity index (χ2v) is 30.0. The van der Waals surface area contributed by atoms with Crippen LogP contribution in [-0.4, -0.2) is 96.7 Å². The van der Waals surface area contributed by atoms with E-state index in [1.165, 1.54) is 161 Å². The summed E-state index contributed by atoms with van der Waals surface area (Å²) in [5, 5.41) is 10.6. The van der Waals surface area contributed by atoms with E-state index in [-0.39, 0.29) is 25.7 Å². The average Bonchev–Trinajstić information content (AvgIpc) is 2.82. The maximum Gasteiger partial charge on any atom is 0.472 e. The smallest absolute Gasteiger partial charge is 0.462 e. The molecule has 0 fully saturated rings. The fourth-order valence-corrected chi connectivity index (χ4v) is 12.3. The number of carbonyl (C=O) groups is 4. The lowest BCUT2D eigenvalue weighted by atomic mass is 10.0. The van der Waals surface area contributed by atoms with Crippen molar-refractivity contribution in [2.24, 2.45) is 17.8 Å². The Morgan fingerprint density at radius 2 is 0.511 bits per heavy atom. The number of rotatable bonds is 69. The SMILES string of the molecule is CCCCCCCCCCCCCC(=O)O[C@H](COC(=O)CCCCCCCCC(C)C)COP(=O)(O)OC[C@H](O)COP(=O)(O)OC[C@@H](COC(=O)CCCCCCCCCCCCCCC(C)C)OC(=O)CCCCCCCCCCCCCCC(C)C. The summed E-state index contributed by atoms with van der Waals surface area (Å²) in [6.45, 7) is 11.8. The molecule has 0 rings (SSSR count). The first-order valence-electron chi connectivity index (χ1n) is 36.8. The third-order valence-corrected chi connectivity index (χ3v) is 18.3. The maximum absolute atomic E-state index is 13.0. The van der Waals surface area contributed by atoms with Crippen molar-refractivity contribution >= 4 is 39.5 Å². The molecule has 0 saturated carbocycles. The van der Waals surface area contributed by atoms with Gasteiger partial charge in [-0.25, -0.2) is 9.13 Å². The van der Waals surface area contributed by atoms with Gasteiger partial charge in [0.1, 0.15) is 19.3 Å². The lowest BCUT2D eigenvalue weighted by molar-refractivity contribution is -0.161.